The summed E-state index contributed by atoms with van der Waals surface area (Å²) in [6.07, 6.45) is 2.61. The predicted octanol–water partition coefficient (Wildman–Crippen LogP) is 0.816. The van der Waals surface area contributed by atoms with Gasteiger partial charge in [-0.1, -0.05) is 13.8 Å². The Morgan fingerprint density at radius 1 is 1.33 bits per heavy atom. The van der Waals surface area contributed by atoms with Crippen molar-refractivity contribution in [3.63, 3.8) is 0 Å². The lowest BCUT2D eigenvalue weighted by Crippen LogP contribution is -2.50. The summed E-state index contributed by atoms with van der Waals surface area (Å²) in [6, 6.07) is 0. The third-order valence-corrected chi connectivity index (χ3v) is 5.96. The summed E-state index contributed by atoms with van der Waals surface area (Å²) < 4.78 is 30.2. The fourth-order valence-corrected chi connectivity index (χ4v) is 4.07. The molecular formula is C16H26N2O5S. The van der Waals surface area contributed by atoms with E-state index in [1.54, 1.807) is 6.92 Å². The van der Waals surface area contributed by atoms with Crippen LogP contribution in [0.2, 0.25) is 0 Å². The number of piperidine rings is 1. The Morgan fingerprint density at radius 3 is 2.42 bits per heavy atom. The van der Waals surface area contributed by atoms with Crippen molar-refractivity contribution in [2.24, 2.45) is 5.92 Å². The molecule has 1 spiro atoms. The van der Waals surface area contributed by atoms with Gasteiger partial charge < -0.3 is 10.1 Å². The highest BCUT2D eigenvalue weighted by atomic mass is 32.2. The SMILES string of the molecule is CC1=C(C(=O)NCCC(C)C)C2(CCN(S(C)(=O)=O)CC2)OC1=O. The van der Waals surface area contributed by atoms with Crippen LogP contribution in [-0.4, -0.2) is 56.1 Å². The fraction of sp³-hybridized carbons (Fsp3) is 0.750. The smallest absolute Gasteiger partial charge is 0.335 e. The number of sulfonamides is 1. The molecule has 0 bridgehead atoms. The summed E-state index contributed by atoms with van der Waals surface area (Å²) >= 11 is 0. The molecular weight excluding hydrogens is 332 g/mol. The molecule has 0 saturated carbocycles. The van der Waals surface area contributed by atoms with E-state index in [1.807, 2.05) is 0 Å². The second kappa shape index (κ2) is 6.84. The third kappa shape index (κ3) is 3.80. The molecule has 0 aromatic carbocycles. The molecule has 0 unspecified atom stereocenters. The van der Waals surface area contributed by atoms with Gasteiger partial charge in [0.1, 0.15) is 5.60 Å². The van der Waals surface area contributed by atoms with E-state index in [1.165, 1.54) is 4.31 Å². The number of hydrogen-bond donors (Lipinski definition) is 1. The second-order valence-electron chi connectivity index (χ2n) is 6.98. The number of ether oxygens (including phenoxy) is 1. The number of hydrogen-bond acceptors (Lipinski definition) is 5. The number of amides is 1. The molecule has 1 fully saturated rings. The Morgan fingerprint density at radius 2 is 1.92 bits per heavy atom. The summed E-state index contributed by atoms with van der Waals surface area (Å²) in [5, 5.41) is 2.86. The number of esters is 1. The Balaban J connectivity index is 2.16. The van der Waals surface area contributed by atoms with E-state index >= 15 is 0 Å². The van der Waals surface area contributed by atoms with Crippen molar-refractivity contribution in [3.05, 3.63) is 11.1 Å². The van der Waals surface area contributed by atoms with Crippen molar-refractivity contribution in [2.45, 2.75) is 45.6 Å². The maximum absolute atomic E-state index is 12.6. The van der Waals surface area contributed by atoms with Gasteiger partial charge in [0.05, 0.1) is 11.8 Å². The molecule has 1 saturated heterocycles. The summed E-state index contributed by atoms with van der Waals surface area (Å²) in [6.45, 7) is 6.75. The van der Waals surface area contributed by atoms with Crippen LogP contribution in [0.25, 0.3) is 0 Å². The van der Waals surface area contributed by atoms with Crippen LogP contribution in [0.1, 0.15) is 40.0 Å². The first kappa shape index (κ1) is 18.9. The standard InChI is InChI=1S/C16H26N2O5S/c1-11(2)5-8-17-14(19)13-12(3)15(20)23-16(13)6-9-18(10-7-16)24(4,21)22/h11H,5-10H2,1-4H3,(H,17,19). The molecule has 1 N–H and O–H groups in total. The van der Waals surface area contributed by atoms with Crippen molar-refractivity contribution in [2.75, 3.05) is 25.9 Å². The zero-order valence-electron chi connectivity index (χ0n) is 14.7. The average molecular weight is 358 g/mol. The van der Waals surface area contributed by atoms with E-state index in [-0.39, 0.29) is 19.0 Å². The first-order valence-electron chi connectivity index (χ1n) is 8.25. The lowest BCUT2D eigenvalue weighted by molar-refractivity contribution is -0.150. The number of nitrogens with zero attached hydrogens (tertiary/aromatic N) is 1. The van der Waals surface area contributed by atoms with Crippen LogP contribution in [0, 0.1) is 5.92 Å². The summed E-state index contributed by atoms with van der Waals surface area (Å²) in [7, 11) is -3.28. The average Bonchev–Trinajstić information content (AvgIpc) is 2.69. The van der Waals surface area contributed by atoms with Crippen LogP contribution in [-0.2, 0) is 24.3 Å². The highest BCUT2D eigenvalue weighted by Gasteiger charge is 2.51. The van der Waals surface area contributed by atoms with E-state index in [0.29, 0.717) is 36.5 Å². The van der Waals surface area contributed by atoms with Gasteiger partial charge in [0.25, 0.3) is 5.91 Å². The Labute approximate surface area is 143 Å². The van der Waals surface area contributed by atoms with E-state index in [4.69, 9.17) is 4.74 Å². The van der Waals surface area contributed by atoms with Crippen molar-refractivity contribution in [1.82, 2.24) is 9.62 Å². The summed E-state index contributed by atoms with van der Waals surface area (Å²) in [5.74, 6) is -0.308. The Hall–Kier alpha value is -1.41. The van der Waals surface area contributed by atoms with Crippen molar-refractivity contribution >= 4 is 21.9 Å². The molecule has 2 rings (SSSR count). The normalized spacial score (nSPS) is 21.5. The molecule has 0 aromatic rings. The highest BCUT2D eigenvalue weighted by molar-refractivity contribution is 7.88. The molecule has 0 aliphatic carbocycles. The van der Waals surface area contributed by atoms with Crippen LogP contribution < -0.4 is 5.32 Å². The van der Waals surface area contributed by atoms with Crippen molar-refractivity contribution in [1.29, 1.82) is 0 Å². The van der Waals surface area contributed by atoms with Gasteiger partial charge in [-0.05, 0) is 19.3 Å². The van der Waals surface area contributed by atoms with Gasteiger partial charge in [0.15, 0.2) is 0 Å². The van der Waals surface area contributed by atoms with Gasteiger partial charge in [-0.2, -0.15) is 0 Å². The van der Waals surface area contributed by atoms with Crippen LogP contribution in [0.3, 0.4) is 0 Å². The van der Waals surface area contributed by atoms with Crippen LogP contribution in [0.5, 0.6) is 0 Å². The Kier molecular flexibility index (Phi) is 5.39. The third-order valence-electron chi connectivity index (χ3n) is 4.66. The van der Waals surface area contributed by atoms with Gasteiger partial charge in [0.2, 0.25) is 10.0 Å². The number of nitrogens with one attached hydrogen (secondary N) is 1. The first-order chi connectivity index (χ1) is 11.1. The molecule has 136 valence electrons. The van der Waals surface area contributed by atoms with E-state index in [0.717, 1.165) is 12.7 Å². The molecule has 0 aromatic heterocycles. The number of carbonyl (C=O) groups excluding carboxylic acids is 2. The summed E-state index contributed by atoms with van der Waals surface area (Å²) in [5.41, 5.74) is -0.307. The minimum atomic E-state index is -3.28. The lowest BCUT2D eigenvalue weighted by Gasteiger charge is -2.38. The van der Waals surface area contributed by atoms with Crippen LogP contribution in [0.15, 0.2) is 11.1 Å². The maximum atomic E-state index is 12.6. The monoisotopic (exact) mass is 358 g/mol. The fourth-order valence-electron chi connectivity index (χ4n) is 3.22. The van der Waals surface area contributed by atoms with Crippen LogP contribution >= 0.6 is 0 Å². The predicted molar refractivity (Wildman–Crippen MR) is 89.6 cm³/mol. The zero-order valence-corrected chi connectivity index (χ0v) is 15.5. The Bertz CT molecular complexity index is 658. The van der Waals surface area contributed by atoms with E-state index < -0.39 is 21.6 Å². The lowest BCUT2D eigenvalue weighted by atomic mass is 9.83. The quantitative estimate of drug-likeness (QED) is 0.735. The van der Waals surface area contributed by atoms with Crippen LogP contribution in [0.4, 0.5) is 0 Å². The van der Waals surface area contributed by atoms with Gasteiger partial charge >= 0.3 is 5.97 Å². The first-order valence-corrected chi connectivity index (χ1v) is 10.1. The minimum Gasteiger partial charge on any atom is -0.450 e. The molecule has 2 aliphatic rings. The van der Waals surface area contributed by atoms with Gasteiger partial charge in [-0.15, -0.1) is 0 Å². The van der Waals surface area contributed by atoms with E-state index in [2.05, 4.69) is 19.2 Å². The number of carbonyl (C=O) groups is 2. The maximum Gasteiger partial charge on any atom is 0.335 e. The molecule has 8 heteroatoms. The molecule has 0 atom stereocenters. The van der Waals surface area contributed by atoms with Gasteiger partial charge in [-0.3, -0.25) is 4.79 Å². The minimum absolute atomic E-state index is 0.238. The summed E-state index contributed by atoms with van der Waals surface area (Å²) in [4.78, 5) is 24.6. The molecule has 24 heavy (non-hydrogen) atoms. The van der Waals surface area contributed by atoms with Gasteiger partial charge in [-0.25, -0.2) is 17.5 Å². The second-order valence-corrected chi connectivity index (χ2v) is 8.97. The zero-order chi connectivity index (χ0) is 18.1. The van der Waals surface area contributed by atoms with Crippen molar-refractivity contribution < 1.29 is 22.7 Å². The molecule has 0 radical (unpaired) electrons. The molecule has 1 amide bonds. The van der Waals surface area contributed by atoms with E-state index in [9.17, 15) is 18.0 Å². The van der Waals surface area contributed by atoms with Crippen molar-refractivity contribution in [3.8, 4) is 0 Å². The van der Waals surface area contributed by atoms with Gasteiger partial charge in [0, 0.05) is 38.0 Å². The molecule has 2 heterocycles. The topological polar surface area (TPSA) is 92.8 Å². The molecule has 7 nitrogen and oxygen atoms in total. The number of rotatable bonds is 5. The highest BCUT2D eigenvalue weighted by Crippen LogP contribution is 2.41. The largest absolute Gasteiger partial charge is 0.450 e. The molecule has 2 aliphatic heterocycles.